The molecule has 0 amide bonds. The number of aryl methyl sites for hydroxylation is 1. The fourth-order valence-electron chi connectivity index (χ4n) is 3.17. The third kappa shape index (κ3) is 4.45. The van der Waals surface area contributed by atoms with E-state index in [9.17, 15) is 0 Å². The van der Waals surface area contributed by atoms with Crippen LogP contribution in [0, 0.1) is 6.92 Å². The molecule has 1 unspecified atom stereocenters. The number of rotatable bonds is 7. The summed E-state index contributed by atoms with van der Waals surface area (Å²) in [5, 5.41) is 12.5. The Morgan fingerprint density at radius 1 is 1.38 bits per heavy atom. The van der Waals surface area contributed by atoms with E-state index in [1.54, 1.807) is 0 Å². The SMILES string of the molecule is Cc1cc(N2CCCC2CCCO)ccc1CNC(C)C. The van der Waals surface area contributed by atoms with Crippen molar-refractivity contribution in [3.63, 3.8) is 0 Å². The van der Waals surface area contributed by atoms with Crippen LogP contribution < -0.4 is 10.2 Å². The second-order valence-corrected chi connectivity index (χ2v) is 6.50. The van der Waals surface area contributed by atoms with Gasteiger partial charge in [-0.3, -0.25) is 0 Å². The van der Waals surface area contributed by atoms with Crippen LogP contribution in [-0.2, 0) is 6.54 Å². The van der Waals surface area contributed by atoms with E-state index in [1.165, 1.54) is 29.7 Å². The van der Waals surface area contributed by atoms with Crippen LogP contribution in [0.4, 0.5) is 5.69 Å². The van der Waals surface area contributed by atoms with Crippen LogP contribution in [0.3, 0.4) is 0 Å². The van der Waals surface area contributed by atoms with Crippen molar-refractivity contribution in [2.45, 2.75) is 65.1 Å². The maximum absolute atomic E-state index is 9.04. The lowest BCUT2D eigenvalue weighted by molar-refractivity contribution is 0.279. The summed E-state index contributed by atoms with van der Waals surface area (Å²) in [5.41, 5.74) is 4.10. The molecular weight excluding hydrogens is 260 g/mol. The molecular formula is C18H30N2O. The monoisotopic (exact) mass is 290 g/mol. The van der Waals surface area contributed by atoms with Crippen LogP contribution in [0.15, 0.2) is 18.2 Å². The summed E-state index contributed by atoms with van der Waals surface area (Å²) in [7, 11) is 0. The van der Waals surface area contributed by atoms with Crippen LogP contribution in [0.25, 0.3) is 0 Å². The van der Waals surface area contributed by atoms with Crippen LogP contribution in [-0.4, -0.2) is 30.3 Å². The van der Waals surface area contributed by atoms with Crippen molar-refractivity contribution in [1.29, 1.82) is 0 Å². The van der Waals surface area contributed by atoms with Gasteiger partial charge in [-0.2, -0.15) is 0 Å². The molecule has 1 saturated heterocycles. The van der Waals surface area contributed by atoms with Crippen molar-refractivity contribution in [1.82, 2.24) is 5.32 Å². The van der Waals surface area contributed by atoms with Crippen LogP contribution in [0.5, 0.6) is 0 Å². The van der Waals surface area contributed by atoms with Gasteiger partial charge in [-0.05, 0) is 55.9 Å². The Balaban J connectivity index is 2.04. The first-order valence-electron chi connectivity index (χ1n) is 8.32. The number of aliphatic hydroxyl groups excluding tert-OH is 1. The average Bonchev–Trinajstić information content (AvgIpc) is 2.92. The minimum absolute atomic E-state index is 0.309. The number of hydrogen-bond donors (Lipinski definition) is 2. The van der Waals surface area contributed by atoms with Gasteiger partial charge in [0.15, 0.2) is 0 Å². The number of benzene rings is 1. The predicted molar refractivity (Wildman–Crippen MR) is 89.8 cm³/mol. The van der Waals surface area contributed by atoms with Gasteiger partial charge < -0.3 is 15.3 Å². The van der Waals surface area contributed by atoms with Gasteiger partial charge in [0.05, 0.1) is 0 Å². The molecule has 1 fully saturated rings. The normalized spacial score (nSPS) is 18.7. The van der Waals surface area contributed by atoms with Crippen LogP contribution in [0.2, 0.25) is 0 Å². The second kappa shape index (κ2) is 7.81. The number of hydrogen-bond acceptors (Lipinski definition) is 3. The maximum atomic E-state index is 9.04. The highest BCUT2D eigenvalue weighted by atomic mass is 16.2. The first-order valence-corrected chi connectivity index (χ1v) is 8.32. The molecule has 2 N–H and O–H groups in total. The smallest absolute Gasteiger partial charge is 0.0431 e. The number of nitrogens with one attached hydrogen (secondary N) is 1. The minimum Gasteiger partial charge on any atom is -0.396 e. The highest BCUT2D eigenvalue weighted by Gasteiger charge is 2.24. The van der Waals surface area contributed by atoms with Gasteiger partial charge in [-0.15, -0.1) is 0 Å². The Morgan fingerprint density at radius 2 is 2.19 bits per heavy atom. The van der Waals surface area contributed by atoms with Gasteiger partial charge in [0, 0.05) is 37.5 Å². The molecule has 0 spiro atoms. The van der Waals surface area contributed by atoms with E-state index in [4.69, 9.17) is 5.11 Å². The van der Waals surface area contributed by atoms with E-state index in [1.807, 2.05) is 0 Å². The Kier molecular flexibility index (Phi) is 6.07. The average molecular weight is 290 g/mol. The van der Waals surface area contributed by atoms with Crippen LogP contribution >= 0.6 is 0 Å². The lowest BCUT2D eigenvalue weighted by Gasteiger charge is -2.27. The number of anilines is 1. The summed E-state index contributed by atoms with van der Waals surface area (Å²) in [6.45, 7) is 8.97. The maximum Gasteiger partial charge on any atom is 0.0431 e. The highest BCUT2D eigenvalue weighted by molar-refractivity contribution is 5.52. The fraction of sp³-hybridized carbons (Fsp3) is 0.667. The zero-order valence-corrected chi connectivity index (χ0v) is 13.7. The summed E-state index contributed by atoms with van der Waals surface area (Å²) in [5.74, 6) is 0. The van der Waals surface area contributed by atoms with Gasteiger partial charge >= 0.3 is 0 Å². The lowest BCUT2D eigenvalue weighted by atomic mass is 10.1. The molecule has 0 radical (unpaired) electrons. The molecule has 2 rings (SSSR count). The third-order valence-corrected chi connectivity index (χ3v) is 4.43. The molecule has 21 heavy (non-hydrogen) atoms. The molecule has 0 aromatic heterocycles. The van der Waals surface area contributed by atoms with Crippen molar-refractivity contribution in [3.05, 3.63) is 29.3 Å². The minimum atomic E-state index is 0.309. The van der Waals surface area contributed by atoms with Crippen molar-refractivity contribution in [2.75, 3.05) is 18.1 Å². The predicted octanol–water partition coefficient (Wildman–Crippen LogP) is 3.23. The summed E-state index contributed by atoms with van der Waals surface area (Å²) >= 11 is 0. The Bertz CT molecular complexity index is 445. The van der Waals surface area contributed by atoms with Gasteiger partial charge in [-0.25, -0.2) is 0 Å². The molecule has 3 heteroatoms. The van der Waals surface area contributed by atoms with Gasteiger partial charge in [-0.1, -0.05) is 19.9 Å². The Morgan fingerprint density at radius 3 is 2.86 bits per heavy atom. The zero-order chi connectivity index (χ0) is 15.2. The largest absolute Gasteiger partial charge is 0.396 e. The standard InChI is InChI=1S/C18H30N2O/c1-14(2)19-13-16-8-9-18(12-15(16)3)20-10-4-6-17(20)7-5-11-21/h8-9,12,14,17,19,21H,4-7,10-11,13H2,1-3H3. The van der Waals surface area contributed by atoms with Gasteiger partial charge in [0.25, 0.3) is 0 Å². The zero-order valence-electron chi connectivity index (χ0n) is 13.7. The molecule has 3 nitrogen and oxygen atoms in total. The van der Waals surface area contributed by atoms with Gasteiger partial charge in [0.1, 0.15) is 0 Å². The third-order valence-electron chi connectivity index (χ3n) is 4.43. The fourth-order valence-corrected chi connectivity index (χ4v) is 3.17. The number of aliphatic hydroxyl groups is 1. The summed E-state index contributed by atoms with van der Waals surface area (Å²) < 4.78 is 0. The summed E-state index contributed by atoms with van der Waals surface area (Å²) in [6.07, 6.45) is 4.55. The molecule has 1 aliphatic heterocycles. The second-order valence-electron chi connectivity index (χ2n) is 6.50. The molecule has 0 bridgehead atoms. The first kappa shape index (κ1) is 16.3. The lowest BCUT2D eigenvalue weighted by Crippen LogP contribution is -2.29. The quantitative estimate of drug-likeness (QED) is 0.809. The van der Waals surface area contributed by atoms with Crippen LogP contribution in [0.1, 0.15) is 50.7 Å². The van der Waals surface area contributed by atoms with Crippen molar-refractivity contribution in [3.8, 4) is 0 Å². The highest BCUT2D eigenvalue weighted by Crippen LogP contribution is 2.29. The Labute approximate surface area is 129 Å². The van der Waals surface area contributed by atoms with E-state index in [2.05, 4.69) is 49.2 Å². The molecule has 0 saturated carbocycles. The van der Waals surface area contributed by atoms with E-state index < -0.39 is 0 Å². The van der Waals surface area contributed by atoms with Crippen molar-refractivity contribution >= 4 is 5.69 Å². The van der Waals surface area contributed by atoms with E-state index in [-0.39, 0.29) is 0 Å². The van der Waals surface area contributed by atoms with Crippen molar-refractivity contribution < 1.29 is 5.11 Å². The molecule has 1 heterocycles. The van der Waals surface area contributed by atoms with Gasteiger partial charge in [0.2, 0.25) is 0 Å². The number of nitrogens with zero attached hydrogens (tertiary/aromatic N) is 1. The molecule has 1 aliphatic rings. The summed E-state index contributed by atoms with van der Waals surface area (Å²) in [4.78, 5) is 2.53. The van der Waals surface area contributed by atoms with E-state index in [0.717, 1.165) is 25.9 Å². The Hall–Kier alpha value is -1.06. The van der Waals surface area contributed by atoms with E-state index >= 15 is 0 Å². The molecule has 1 aromatic carbocycles. The molecule has 0 aliphatic carbocycles. The topological polar surface area (TPSA) is 35.5 Å². The van der Waals surface area contributed by atoms with Crippen molar-refractivity contribution in [2.24, 2.45) is 0 Å². The molecule has 118 valence electrons. The first-order chi connectivity index (χ1) is 10.1. The summed E-state index contributed by atoms with van der Waals surface area (Å²) in [6, 6.07) is 7.99. The molecule has 1 aromatic rings. The van der Waals surface area contributed by atoms with E-state index in [0.29, 0.717) is 18.7 Å². The molecule has 1 atom stereocenters.